The molecule has 20 heavy (non-hydrogen) atoms. The zero-order valence-corrected chi connectivity index (χ0v) is 13.0. The molecule has 0 aliphatic carbocycles. The zero-order chi connectivity index (χ0) is 14.5. The molecule has 0 amide bonds. The molecule has 1 rings (SSSR count). The average molecular weight is 279 g/mol. The van der Waals surface area contributed by atoms with E-state index in [9.17, 15) is 0 Å². The van der Waals surface area contributed by atoms with Crippen molar-refractivity contribution in [2.75, 3.05) is 26.9 Å². The maximum atomic E-state index is 5.77. The Labute approximate surface area is 123 Å². The highest BCUT2D eigenvalue weighted by Crippen LogP contribution is 2.17. The van der Waals surface area contributed by atoms with Crippen molar-refractivity contribution < 1.29 is 9.47 Å². The summed E-state index contributed by atoms with van der Waals surface area (Å²) < 4.78 is 11.4. The molecule has 0 spiro atoms. The lowest BCUT2D eigenvalue weighted by Gasteiger charge is -2.11. The van der Waals surface area contributed by atoms with E-state index >= 15 is 0 Å². The number of ether oxygens (including phenoxy) is 2. The van der Waals surface area contributed by atoms with Crippen LogP contribution in [0.5, 0.6) is 5.75 Å². The summed E-state index contributed by atoms with van der Waals surface area (Å²) in [6.45, 7) is 5.21. The number of para-hydroxylation sites is 1. The summed E-state index contributed by atoms with van der Waals surface area (Å²) in [6, 6.07) is 8.13. The smallest absolute Gasteiger partial charge is 0.123 e. The first-order chi connectivity index (χ1) is 9.88. The van der Waals surface area contributed by atoms with Crippen molar-refractivity contribution in [1.29, 1.82) is 0 Å². The predicted molar refractivity (Wildman–Crippen MR) is 84.3 cm³/mol. The third kappa shape index (κ3) is 7.51. The fourth-order valence-electron chi connectivity index (χ4n) is 2.10. The van der Waals surface area contributed by atoms with Gasteiger partial charge in [0.05, 0.1) is 6.61 Å². The van der Waals surface area contributed by atoms with Crippen LogP contribution in [0, 0.1) is 0 Å². The number of nitrogens with one attached hydrogen (secondary N) is 1. The Morgan fingerprint density at radius 1 is 0.950 bits per heavy atom. The molecule has 0 aliphatic heterocycles. The van der Waals surface area contributed by atoms with Crippen LogP contribution in [-0.2, 0) is 11.3 Å². The molecule has 114 valence electrons. The van der Waals surface area contributed by atoms with E-state index in [1.807, 2.05) is 25.2 Å². The van der Waals surface area contributed by atoms with Crippen LogP contribution in [0.15, 0.2) is 24.3 Å². The second kappa shape index (κ2) is 11.7. The molecule has 0 heterocycles. The molecular weight excluding hydrogens is 250 g/mol. The van der Waals surface area contributed by atoms with Crippen molar-refractivity contribution in [3.63, 3.8) is 0 Å². The van der Waals surface area contributed by atoms with E-state index in [2.05, 4.69) is 18.3 Å². The molecule has 0 unspecified atom stereocenters. The van der Waals surface area contributed by atoms with Gasteiger partial charge in [-0.05, 0) is 19.5 Å². The molecule has 0 atom stereocenters. The highest BCUT2D eigenvalue weighted by atomic mass is 16.5. The van der Waals surface area contributed by atoms with Crippen LogP contribution in [0.1, 0.15) is 44.6 Å². The number of hydrogen-bond acceptors (Lipinski definition) is 3. The molecule has 0 aliphatic rings. The second-order valence-corrected chi connectivity index (χ2v) is 5.01. The quantitative estimate of drug-likeness (QED) is 0.591. The molecule has 1 aromatic carbocycles. The van der Waals surface area contributed by atoms with Gasteiger partial charge in [0, 0.05) is 18.7 Å². The van der Waals surface area contributed by atoms with E-state index < -0.39 is 0 Å². The first kappa shape index (κ1) is 17.0. The number of hydrogen-bond donors (Lipinski definition) is 1. The molecule has 0 radical (unpaired) electrons. The standard InChI is InChI=1S/C17H29NO2/c1-3-4-5-6-9-12-19-13-14-20-17-11-8-7-10-16(17)15-18-2/h7-8,10-11,18H,3-6,9,12-15H2,1-2H3. The molecule has 0 saturated carbocycles. The molecule has 0 bridgehead atoms. The fourth-order valence-corrected chi connectivity index (χ4v) is 2.10. The Morgan fingerprint density at radius 3 is 2.55 bits per heavy atom. The summed E-state index contributed by atoms with van der Waals surface area (Å²) in [5.74, 6) is 0.952. The molecule has 1 aromatic rings. The van der Waals surface area contributed by atoms with E-state index in [4.69, 9.17) is 9.47 Å². The lowest BCUT2D eigenvalue weighted by molar-refractivity contribution is 0.0967. The maximum absolute atomic E-state index is 5.77. The predicted octanol–water partition coefficient (Wildman–Crippen LogP) is 3.77. The summed E-state index contributed by atoms with van der Waals surface area (Å²) >= 11 is 0. The van der Waals surface area contributed by atoms with E-state index in [1.165, 1.54) is 31.2 Å². The monoisotopic (exact) mass is 279 g/mol. The van der Waals surface area contributed by atoms with Crippen molar-refractivity contribution >= 4 is 0 Å². The third-order valence-corrected chi connectivity index (χ3v) is 3.22. The number of unbranched alkanes of at least 4 members (excludes halogenated alkanes) is 4. The SMILES string of the molecule is CCCCCCCOCCOc1ccccc1CNC. The maximum Gasteiger partial charge on any atom is 0.123 e. The Hall–Kier alpha value is -1.06. The first-order valence-electron chi connectivity index (χ1n) is 7.81. The highest BCUT2D eigenvalue weighted by Gasteiger charge is 2.01. The van der Waals surface area contributed by atoms with Crippen LogP contribution in [0.2, 0.25) is 0 Å². The first-order valence-corrected chi connectivity index (χ1v) is 7.81. The van der Waals surface area contributed by atoms with Gasteiger partial charge in [0.1, 0.15) is 12.4 Å². The summed E-state index contributed by atoms with van der Waals surface area (Å²) in [7, 11) is 1.94. The zero-order valence-electron chi connectivity index (χ0n) is 13.0. The molecule has 3 nitrogen and oxygen atoms in total. The Morgan fingerprint density at radius 2 is 1.75 bits per heavy atom. The van der Waals surface area contributed by atoms with Crippen LogP contribution in [0.4, 0.5) is 0 Å². The minimum atomic E-state index is 0.621. The number of benzene rings is 1. The second-order valence-electron chi connectivity index (χ2n) is 5.01. The lowest BCUT2D eigenvalue weighted by atomic mass is 10.2. The Bertz CT molecular complexity index is 342. The van der Waals surface area contributed by atoms with Crippen molar-refractivity contribution in [2.24, 2.45) is 0 Å². The van der Waals surface area contributed by atoms with Crippen molar-refractivity contribution in [3.8, 4) is 5.75 Å². The van der Waals surface area contributed by atoms with Gasteiger partial charge in [-0.2, -0.15) is 0 Å². The van der Waals surface area contributed by atoms with Gasteiger partial charge in [-0.25, -0.2) is 0 Å². The topological polar surface area (TPSA) is 30.5 Å². The Kier molecular flexibility index (Phi) is 9.98. The van der Waals surface area contributed by atoms with Gasteiger partial charge in [0.15, 0.2) is 0 Å². The van der Waals surface area contributed by atoms with Gasteiger partial charge < -0.3 is 14.8 Å². The van der Waals surface area contributed by atoms with Crippen molar-refractivity contribution in [2.45, 2.75) is 45.6 Å². The van der Waals surface area contributed by atoms with Crippen LogP contribution in [0.25, 0.3) is 0 Å². The lowest BCUT2D eigenvalue weighted by Crippen LogP contribution is -2.11. The van der Waals surface area contributed by atoms with Gasteiger partial charge in [0.25, 0.3) is 0 Å². The minimum Gasteiger partial charge on any atom is -0.491 e. The highest BCUT2D eigenvalue weighted by molar-refractivity contribution is 5.33. The summed E-state index contributed by atoms with van der Waals surface area (Å²) in [5, 5.41) is 3.15. The minimum absolute atomic E-state index is 0.621. The molecule has 0 aromatic heterocycles. The van der Waals surface area contributed by atoms with Gasteiger partial charge in [-0.1, -0.05) is 50.8 Å². The van der Waals surface area contributed by atoms with E-state index in [0.29, 0.717) is 13.2 Å². The van der Waals surface area contributed by atoms with Crippen molar-refractivity contribution in [3.05, 3.63) is 29.8 Å². The van der Waals surface area contributed by atoms with E-state index in [1.54, 1.807) is 0 Å². The molecule has 0 saturated heterocycles. The molecule has 3 heteroatoms. The van der Waals surface area contributed by atoms with Gasteiger partial charge in [-0.3, -0.25) is 0 Å². The van der Waals surface area contributed by atoms with Crippen LogP contribution >= 0.6 is 0 Å². The van der Waals surface area contributed by atoms with Crippen LogP contribution < -0.4 is 10.1 Å². The summed E-state index contributed by atoms with van der Waals surface area (Å²) in [4.78, 5) is 0. The van der Waals surface area contributed by atoms with Crippen LogP contribution in [0.3, 0.4) is 0 Å². The van der Waals surface area contributed by atoms with Gasteiger partial charge in [0.2, 0.25) is 0 Å². The summed E-state index contributed by atoms with van der Waals surface area (Å²) in [5.41, 5.74) is 1.19. The average Bonchev–Trinajstić information content (AvgIpc) is 2.47. The number of rotatable bonds is 12. The fraction of sp³-hybridized carbons (Fsp3) is 0.647. The summed E-state index contributed by atoms with van der Waals surface area (Å²) in [6.07, 6.45) is 6.40. The Balaban J connectivity index is 2.06. The largest absolute Gasteiger partial charge is 0.491 e. The van der Waals surface area contributed by atoms with E-state index in [-0.39, 0.29) is 0 Å². The van der Waals surface area contributed by atoms with Crippen molar-refractivity contribution in [1.82, 2.24) is 5.32 Å². The van der Waals surface area contributed by atoms with E-state index in [0.717, 1.165) is 25.3 Å². The normalized spacial score (nSPS) is 10.7. The molecule has 0 fully saturated rings. The third-order valence-electron chi connectivity index (χ3n) is 3.22. The van der Waals surface area contributed by atoms with Gasteiger partial charge in [-0.15, -0.1) is 0 Å². The van der Waals surface area contributed by atoms with Gasteiger partial charge >= 0.3 is 0 Å². The molecular formula is C17H29NO2. The molecule has 1 N–H and O–H groups in total. The van der Waals surface area contributed by atoms with Crippen LogP contribution in [-0.4, -0.2) is 26.9 Å².